The van der Waals surface area contributed by atoms with Gasteiger partial charge in [0.25, 0.3) is 0 Å². The maximum absolute atomic E-state index is 5.72. The van der Waals surface area contributed by atoms with E-state index in [4.69, 9.17) is 33.2 Å². The summed E-state index contributed by atoms with van der Waals surface area (Å²) in [5.74, 6) is 0. The van der Waals surface area contributed by atoms with Gasteiger partial charge in [0.1, 0.15) is 0 Å². The van der Waals surface area contributed by atoms with Gasteiger partial charge in [-0.2, -0.15) is 0 Å². The van der Waals surface area contributed by atoms with Gasteiger partial charge in [0.05, 0.1) is 0 Å². The quantitative estimate of drug-likeness (QED) is 0.553. The van der Waals surface area contributed by atoms with E-state index in [1.54, 1.807) is 0 Å². The van der Waals surface area contributed by atoms with Crippen molar-refractivity contribution in [2.24, 2.45) is 0 Å². The Morgan fingerprint density at radius 3 is 2.23 bits per heavy atom. The number of allylic oxidation sites excluding steroid dienone is 1. The van der Waals surface area contributed by atoms with Crippen LogP contribution in [0, 0.1) is 0 Å². The third-order valence-electron chi connectivity index (χ3n) is 1.46. The van der Waals surface area contributed by atoms with Crippen molar-refractivity contribution in [1.29, 1.82) is 0 Å². The van der Waals surface area contributed by atoms with Crippen molar-refractivity contribution in [2.75, 3.05) is 0 Å². The molecule has 0 heterocycles. The molecule has 0 amide bonds. The smallest absolute Gasteiger partial charge is 0.126 e. The predicted molar refractivity (Wildman–Crippen MR) is 63.6 cm³/mol. The molecule has 0 bridgehead atoms. The van der Waals surface area contributed by atoms with Crippen molar-refractivity contribution in [1.82, 2.24) is 0 Å². The first-order chi connectivity index (χ1) is 6.08. The zero-order valence-corrected chi connectivity index (χ0v) is 10.2. The van der Waals surface area contributed by atoms with Crippen molar-refractivity contribution < 1.29 is 0 Å². The second-order valence-electron chi connectivity index (χ2n) is 2.63. The third kappa shape index (κ3) is 5.37. The monoisotopic (exact) mass is 250 g/mol. The molecule has 0 atom stereocenters. The van der Waals surface area contributed by atoms with Gasteiger partial charge in [-0.1, -0.05) is 42.5 Å². The molecule has 1 rings (SSSR count). The fourth-order valence-electron chi connectivity index (χ4n) is 0.893. The van der Waals surface area contributed by atoms with Crippen molar-refractivity contribution in [2.45, 2.75) is 6.04 Å². The minimum Gasteiger partial charge on any atom is -0.126 e. The molecule has 70 valence electrons. The summed E-state index contributed by atoms with van der Waals surface area (Å²) in [7, 11) is 0. The average molecular weight is 252 g/mol. The zero-order valence-electron chi connectivity index (χ0n) is 6.88. The van der Waals surface area contributed by atoms with Crippen LogP contribution in [0.1, 0.15) is 5.56 Å². The number of halogens is 3. The fraction of sp³-hybridized carbons (Fsp3) is 0.111. The first kappa shape index (κ1) is 11.1. The summed E-state index contributed by atoms with van der Waals surface area (Å²) in [5, 5.41) is 0. The van der Waals surface area contributed by atoms with Crippen molar-refractivity contribution in [3.63, 3.8) is 0 Å². The molecular formula is C9H9Cl3Si. The van der Waals surface area contributed by atoms with Crippen LogP contribution >= 0.6 is 33.2 Å². The Kier molecular flexibility index (Phi) is 4.33. The first-order valence-electron chi connectivity index (χ1n) is 3.86. The highest BCUT2D eigenvalue weighted by molar-refractivity contribution is 7.64. The van der Waals surface area contributed by atoms with E-state index in [1.807, 2.05) is 42.5 Å². The summed E-state index contributed by atoms with van der Waals surface area (Å²) in [5.41, 5.74) is 1.13. The van der Waals surface area contributed by atoms with Crippen LogP contribution in [-0.4, -0.2) is 6.00 Å². The van der Waals surface area contributed by atoms with Crippen LogP contribution in [0.15, 0.2) is 36.4 Å². The van der Waals surface area contributed by atoms with E-state index in [-0.39, 0.29) is 0 Å². The predicted octanol–water partition coefficient (Wildman–Crippen LogP) is 4.36. The van der Waals surface area contributed by atoms with Gasteiger partial charge in [0, 0.05) is 6.04 Å². The Labute approximate surface area is 93.2 Å². The van der Waals surface area contributed by atoms with Gasteiger partial charge in [0.2, 0.25) is 0 Å². The van der Waals surface area contributed by atoms with E-state index < -0.39 is 6.00 Å². The van der Waals surface area contributed by atoms with Gasteiger partial charge in [-0.15, -0.1) is 33.2 Å². The molecule has 0 unspecified atom stereocenters. The lowest BCUT2D eigenvalue weighted by atomic mass is 10.2. The minimum atomic E-state index is -2.48. The van der Waals surface area contributed by atoms with E-state index in [0.29, 0.717) is 6.04 Å². The average Bonchev–Trinajstić information content (AvgIpc) is 2.04. The van der Waals surface area contributed by atoms with Gasteiger partial charge in [-0.25, -0.2) is 0 Å². The molecule has 0 radical (unpaired) electrons. The van der Waals surface area contributed by atoms with E-state index in [1.165, 1.54) is 0 Å². The molecule has 0 saturated carbocycles. The fourth-order valence-corrected chi connectivity index (χ4v) is 2.08. The van der Waals surface area contributed by atoms with Gasteiger partial charge < -0.3 is 0 Å². The largest absolute Gasteiger partial charge is 0.344 e. The Bertz CT molecular complexity index is 277. The highest BCUT2D eigenvalue weighted by Gasteiger charge is 2.22. The number of rotatable bonds is 3. The molecule has 0 N–H and O–H groups in total. The second kappa shape index (κ2) is 5.06. The summed E-state index contributed by atoms with van der Waals surface area (Å²) in [6.45, 7) is 0. The second-order valence-corrected chi connectivity index (χ2v) is 11.8. The van der Waals surface area contributed by atoms with Gasteiger partial charge >= 0.3 is 6.00 Å². The van der Waals surface area contributed by atoms with Crippen LogP contribution in [0.3, 0.4) is 0 Å². The SMILES string of the molecule is Cl[Si](Cl)(Cl)CC=Cc1ccccc1. The summed E-state index contributed by atoms with van der Waals surface area (Å²) >= 11 is 17.2. The number of hydrogen-bond donors (Lipinski definition) is 0. The lowest BCUT2D eigenvalue weighted by Crippen LogP contribution is -2.05. The van der Waals surface area contributed by atoms with Crippen LogP contribution in [0.5, 0.6) is 0 Å². The molecule has 1 aromatic carbocycles. The molecule has 0 fully saturated rings. The van der Waals surface area contributed by atoms with E-state index in [2.05, 4.69) is 0 Å². The van der Waals surface area contributed by atoms with Gasteiger partial charge in [-0.05, 0) is 5.56 Å². The molecule has 13 heavy (non-hydrogen) atoms. The molecule has 1 aromatic rings. The van der Waals surface area contributed by atoms with Crippen LogP contribution in [0.4, 0.5) is 0 Å². The highest BCUT2D eigenvalue weighted by atomic mass is 35.8. The third-order valence-corrected chi connectivity index (χ3v) is 3.55. The van der Waals surface area contributed by atoms with Crippen LogP contribution < -0.4 is 0 Å². The Balaban J connectivity index is 2.51. The maximum atomic E-state index is 5.72. The first-order valence-corrected chi connectivity index (χ1v) is 9.10. The molecule has 0 aliphatic heterocycles. The normalized spacial score (nSPS) is 12.2. The Morgan fingerprint density at radius 1 is 1.08 bits per heavy atom. The van der Waals surface area contributed by atoms with Crippen molar-refractivity contribution in [3.05, 3.63) is 42.0 Å². The van der Waals surface area contributed by atoms with Crippen molar-refractivity contribution >= 4 is 45.3 Å². The molecule has 0 nitrogen and oxygen atoms in total. The molecular weight excluding hydrogens is 243 g/mol. The van der Waals surface area contributed by atoms with E-state index in [9.17, 15) is 0 Å². The molecule has 0 spiro atoms. The molecule has 0 aromatic heterocycles. The summed E-state index contributed by atoms with van der Waals surface area (Å²) in [6, 6.07) is 8.03. The number of benzene rings is 1. The summed E-state index contributed by atoms with van der Waals surface area (Å²) in [6.07, 6.45) is 3.88. The lowest BCUT2D eigenvalue weighted by molar-refractivity contribution is 1.63. The standard InChI is InChI=1S/C9H9Cl3Si/c10-13(11,12)8-4-7-9-5-2-1-3-6-9/h1-7H,8H2. The lowest BCUT2D eigenvalue weighted by Gasteiger charge is -2.01. The van der Waals surface area contributed by atoms with Gasteiger partial charge in [0.15, 0.2) is 0 Å². The van der Waals surface area contributed by atoms with E-state index in [0.717, 1.165) is 5.56 Å². The van der Waals surface area contributed by atoms with Crippen molar-refractivity contribution in [3.8, 4) is 0 Å². The molecule has 0 aliphatic carbocycles. The molecule has 0 aliphatic rings. The van der Waals surface area contributed by atoms with Crippen LogP contribution in [-0.2, 0) is 0 Å². The zero-order chi connectivity index (χ0) is 9.73. The van der Waals surface area contributed by atoms with Gasteiger partial charge in [-0.3, -0.25) is 0 Å². The molecule has 4 heteroatoms. The summed E-state index contributed by atoms with van der Waals surface area (Å²) < 4.78 is 0. The summed E-state index contributed by atoms with van der Waals surface area (Å²) in [4.78, 5) is 0. The Hall–Kier alpha value is 0.0469. The highest BCUT2D eigenvalue weighted by Crippen LogP contribution is 2.25. The molecule has 0 saturated heterocycles. The topological polar surface area (TPSA) is 0 Å². The van der Waals surface area contributed by atoms with Crippen LogP contribution in [0.2, 0.25) is 6.04 Å². The van der Waals surface area contributed by atoms with Crippen LogP contribution in [0.25, 0.3) is 6.08 Å². The minimum absolute atomic E-state index is 0.562. The maximum Gasteiger partial charge on any atom is 0.344 e. The number of hydrogen-bond acceptors (Lipinski definition) is 0. The van der Waals surface area contributed by atoms with E-state index >= 15 is 0 Å². The Morgan fingerprint density at radius 2 is 1.69 bits per heavy atom.